The second kappa shape index (κ2) is 7.52. The Morgan fingerprint density at radius 1 is 1.03 bits per heavy atom. The number of aromatic nitrogens is 7. The average Bonchev–Trinajstić information content (AvgIpc) is 3.44. The highest BCUT2D eigenvalue weighted by molar-refractivity contribution is 5.95. The highest BCUT2D eigenvalue weighted by Crippen LogP contribution is 2.29. The van der Waals surface area contributed by atoms with Crippen LogP contribution in [0.25, 0.3) is 16.9 Å². The van der Waals surface area contributed by atoms with Crippen LogP contribution < -0.4 is 10.2 Å². The summed E-state index contributed by atoms with van der Waals surface area (Å²) in [5, 5.41) is 16.0. The van der Waals surface area contributed by atoms with Crippen molar-refractivity contribution in [3.63, 3.8) is 0 Å². The molecule has 6 rings (SSSR count). The number of nitrogens with one attached hydrogen (secondary N) is 1. The van der Waals surface area contributed by atoms with Crippen LogP contribution in [0.5, 0.6) is 0 Å². The molecule has 0 fully saturated rings. The first-order chi connectivity index (χ1) is 16.2. The molecule has 0 unspecified atom stereocenters. The van der Waals surface area contributed by atoms with Gasteiger partial charge in [0.05, 0.1) is 24.9 Å². The molecule has 1 aromatic carbocycles. The Kier molecular flexibility index (Phi) is 4.35. The van der Waals surface area contributed by atoms with Crippen LogP contribution in [-0.2, 0) is 24.8 Å². The minimum Gasteiger partial charge on any atom is -0.309 e. The van der Waals surface area contributed by atoms with Gasteiger partial charge in [0, 0.05) is 30.6 Å². The topological polar surface area (TPSA) is 106 Å². The third-order valence-electron chi connectivity index (χ3n) is 5.64. The molecule has 0 spiro atoms. The van der Waals surface area contributed by atoms with E-state index in [2.05, 4.69) is 30.6 Å². The highest BCUT2D eigenvalue weighted by Gasteiger charge is 2.29. The van der Waals surface area contributed by atoms with Crippen molar-refractivity contribution < 1.29 is 4.79 Å². The van der Waals surface area contributed by atoms with Crippen LogP contribution in [0.1, 0.15) is 11.3 Å². The molecule has 1 amide bonds. The van der Waals surface area contributed by atoms with Crippen molar-refractivity contribution in [3.05, 3.63) is 78.2 Å². The maximum Gasteiger partial charge on any atom is 0.238 e. The van der Waals surface area contributed by atoms with E-state index in [1.54, 1.807) is 22.0 Å². The van der Waals surface area contributed by atoms with E-state index in [4.69, 9.17) is 0 Å². The van der Waals surface area contributed by atoms with Crippen molar-refractivity contribution in [2.24, 2.45) is 7.05 Å². The van der Waals surface area contributed by atoms with E-state index in [9.17, 15) is 4.79 Å². The second-order valence-corrected chi connectivity index (χ2v) is 7.80. The SMILES string of the molecule is Cn1nccc1Nc1nccc(-c2cc3n4c(nnc4c2)N(Cc2ccccc2)C(=O)C3)n1. The summed E-state index contributed by atoms with van der Waals surface area (Å²) in [7, 11) is 1.84. The summed E-state index contributed by atoms with van der Waals surface area (Å²) in [6.07, 6.45) is 3.65. The molecule has 0 atom stereocenters. The Labute approximate surface area is 188 Å². The molecule has 4 aromatic heterocycles. The molecular formula is C23H19N9O. The lowest BCUT2D eigenvalue weighted by Crippen LogP contribution is -2.37. The Morgan fingerprint density at radius 3 is 2.73 bits per heavy atom. The van der Waals surface area contributed by atoms with E-state index in [0.29, 0.717) is 24.1 Å². The molecule has 10 nitrogen and oxygen atoms in total. The molecule has 5 heterocycles. The molecule has 0 saturated carbocycles. The average molecular weight is 437 g/mol. The molecule has 0 saturated heterocycles. The predicted molar refractivity (Wildman–Crippen MR) is 122 cm³/mol. The lowest BCUT2D eigenvalue weighted by Gasteiger charge is -2.26. The fourth-order valence-corrected chi connectivity index (χ4v) is 4.01. The normalized spacial score (nSPS) is 13.0. The summed E-state index contributed by atoms with van der Waals surface area (Å²) in [4.78, 5) is 23.6. The molecule has 1 N–H and O–H groups in total. The number of carbonyl (C=O) groups is 1. The minimum absolute atomic E-state index is 0.0148. The molecule has 0 bridgehead atoms. The Bertz CT molecular complexity index is 1490. The van der Waals surface area contributed by atoms with Gasteiger partial charge in [0.1, 0.15) is 5.82 Å². The maximum absolute atomic E-state index is 13.0. The molecule has 0 radical (unpaired) electrons. The van der Waals surface area contributed by atoms with Gasteiger partial charge in [0.25, 0.3) is 0 Å². The summed E-state index contributed by atoms with van der Waals surface area (Å²) in [5.74, 6) is 1.76. The van der Waals surface area contributed by atoms with Gasteiger partial charge in [0.15, 0.2) is 5.65 Å². The first-order valence-corrected chi connectivity index (χ1v) is 10.5. The molecular weight excluding hydrogens is 418 g/mol. The third kappa shape index (κ3) is 3.37. The number of hydrogen-bond acceptors (Lipinski definition) is 7. The largest absolute Gasteiger partial charge is 0.309 e. The van der Waals surface area contributed by atoms with E-state index < -0.39 is 0 Å². The van der Waals surface area contributed by atoms with E-state index in [0.717, 1.165) is 28.3 Å². The fraction of sp³-hybridized carbons (Fsp3) is 0.130. The summed E-state index contributed by atoms with van der Waals surface area (Å²) >= 11 is 0. The number of hydrogen-bond donors (Lipinski definition) is 1. The quantitative estimate of drug-likeness (QED) is 0.451. The van der Waals surface area contributed by atoms with Gasteiger partial charge < -0.3 is 5.32 Å². The van der Waals surface area contributed by atoms with Crippen molar-refractivity contribution in [1.29, 1.82) is 0 Å². The van der Waals surface area contributed by atoms with E-state index >= 15 is 0 Å². The van der Waals surface area contributed by atoms with Crippen molar-refractivity contribution in [3.8, 4) is 11.3 Å². The van der Waals surface area contributed by atoms with E-state index in [1.165, 1.54) is 0 Å². The Hall–Kier alpha value is -4.60. The number of aryl methyl sites for hydroxylation is 1. The molecule has 33 heavy (non-hydrogen) atoms. The number of rotatable bonds is 5. The summed E-state index contributed by atoms with van der Waals surface area (Å²) < 4.78 is 3.64. The molecule has 162 valence electrons. The number of benzene rings is 1. The minimum atomic E-state index is -0.0148. The molecule has 1 aliphatic rings. The smallest absolute Gasteiger partial charge is 0.238 e. The third-order valence-corrected chi connectivity index (χ3v) is 5.64. The van der Waals surface area contributed by atoms with Crippen LogP contribution in [0.3, 0.4) is 0 Å². The second-order valence-electron chi connectivity index (χ2n) is 7.80. The van der Waals surface area contributed by atoms with E-state index in [1.807, 2.05) is 66.0 Å². The number of anilines is 3. The van der Waals surface area contributed by atoms with Crippen LogP contribution in [-0.4, -0.2) is 40.3 Å². The first-order valence-electron chi connectivity index (χ1n) is 10.5. The Morgan fingerprint density at radius 2 is 1.91 bits per heavy atom. The predicted octanol–water partition coefficient (Wildman–Crippen LogP) is 2.75. The van der Waals surface area contributed by atoms with Crippen molar-refractivity contribution >= 4 is 29.3 Å². The van der Waals surface area contributed by atoms with Gasteiger partial charge in [0.2, 0.25) is 17.8 Å². The molecule has 10 heteroatoms. The lowest BCUT2D eigenvalue weighted by molar-refractivity contribution is -0.118. The standard InChI is InChI=1S/C23H19N9O/c1-30-19(8-10-25-30)27-22-24-9-7-18(26-22)16-11-17-13-21(33)31(14-15-5-3-2-4-6-15)23-29-28-20(12-16)32(17)23/h2-12H,13-14H2,1H3,(H,24,26,27). The highest BCUT2D eigenvalue weighted by atomic mass is 16.2. The van der Waals surface area contributed by atoms with Gasteiger partial charge in [-0.3, -0.25) is 18.8 Å². The van der Waals surface area contributed by atoms with Crippen LogP contribution in [0, 0.1) is 0 Å². The van der Waals surface area contributed by atoms with Crippen molar-refractivity contribution in [2.75, 3.05) is 10.2 Å². The lowest BCUT2D eigenvalue weighted by atomic mass is 10.1. The zero-order valence-electron chi connectivity index (χ0n) is 17.8. The van der Waals surface area contributed by atoms with Gasteiger partial charge in [-0.25, -0.2) is 9.97 Å². The van der Waals surface area contributed by atoms with Crippen molar-refractivity contribution in [1.82, 2.24) is 34.3 Å². The Balaban J connectivity index is 1.36. The molecule has 5 aromatic rings. The summed E-state index contributed by atoms with van der Waals surface area (Å²) in [6, 6.07) is 17.4. The van der Waals surface area contributed by atoms with Gasteiger partial charge in [-0.2, -0.15) is 5.10 Å². The molecule has 0 aliphatic carbocycles. The first kappa shape index (κ1) is 19.1. The van der Waals surface area contributed by atoms with Crippen LogP contribution >= 0.6 is 0 Å². The number of amides is 1. The summed E-state index contributed by atoms with van der Waals surface area (Å²) in [6.45, 7) is 0.455. The molecule has 1 aliphatic heterocycles. The monoisotopic (exact) mass is 437 g/mol. The van der Waals surface area contributed by atoms with Crippen LogP contribution in [0.2, 0.25) is 0 Å². The van der Waals surface area contributed by atoms with Crippen molar-refractivity contribution in [2.45, 2.75) is 13.0 Å². The van der Waals surface area contributed by atoms with Crippen LogP contribution in [0.15, 0.2) is 67.0 Å². The van der Waals surface area contributed by atoms with E-state index in [-0.39, 0.29) is 12.3 Å². The van der Waals surface area contributed by atoms with Crippen LogP contribution in [0.4, 0.5) is 17.7 Å². The maximum atomic E-state index is 13.0. The van der Waals surface area contributed by atoms with Gasteiger partial charge in [-0.1, -0.05) is 30.3 Å². The van der Waals surface area contributed by atoms with Gasteiger partial charge >= 0.3 is 0 Å². The summed E-state index contributed by atoms with van der Waals surface area (Å²) in [5.41, 5.74) is 4.10. The zero-order chi connectivity index (χ0) is 22.4. The fourth-order valence-electron chi connectivity index (χ4n) is 4.01. The number of carbonyl (C=O) groups excluding carboxylic acids is 1. The van der Waals surface area contributed by atoms with Gasteiger partial charge in [-0.05, 0) is 23.8 Å². The zero-order valence-corrected chi connectivity index (χ0v) is 17.8. The number of pyridine rings is 1. The number of nitrogens with zero attached hydrogens (tertiary/aromatic N) is 8. The van der Waals surface area contributed by atoms with Gasteiger partial charge in [-0.15, -0.1) is 10.2 Å².